The first-order valence-corrected chi connectivity index (χ1v) is 10.3. The molecule has 2 saturated carbocycles. The maximum absolute atomic E-state index is 13.7. The van der Waals surface area contributed by atoms with Crippen molar-refractivity contribution in [2.75, 3.05) is 19.8 Å². The summed E-state index contributed by atoms with van der Waals surface area (Å²) < 4.78 is 11.1. The second-order valence-corrected chi connectivity index (χ2v) is 8.69. The van der Waals surface area contributed by atoms with Gasteiger partial charge < -0.3 is 14.2 Å². The van der Waals surface area contributed by atoms with Gasteiger partial charge in [-0.2, -0.15) is 0 Å². The van der Waals surface area contributed by atoms with E-state index in [1.165, 1.54) is 0 Å². The van der Waals surface area contributed by atoms with Gasteiger partial charge in [-0.05, 0) is 44.1 Å². The zero-order chi connectivity index (χ0) is 18.5. The van der Waals surface area contributed by atoms with E-state index in [1.807, 2.05) is 6.07 Å². The summed E-state index contributed by atoms with van der Waals surface area (Å²) in [6, 6.07) is 2.39. The van der Waals surface area contributed by atoms with E-state index in [9.17, 15) is 4.79 Å². The summed E-state index contributed by atoms with van der Waals surface area (Å²) in [5.74, 6) is 1.21. The number of ether oxygens (including phenoxy) is 1. The quantitative estimate of drug-likeness (QED) is 0.773. The molecule has 2 aromatic heterocycles. The third-order valence-electron chi connectivity index (χ3n) is 5.99. The van der Waals surface area contributed by atoms with Gasteiger partial charge in [0.2, 0.25) is 0 Å². The summed E-state index contributed by atoms with van der Waals surface area (Å²) >= 11 is 0. The molecule has 5 rings (SSSR count). The summed E-state index contributed by atoms with van der Waals surface area (Å²) in [7, 11) is 0. The van der Waals surface area contributed by atoms with E-state index in [-0.39, 0.29) is 11.8 Å². The molecule has 0 aromatic carbocycles. The van der Waals surface area contributed by atoms with E-state index in [0.717, 1.165) is 74.2 Å². The number of nitrogens with zero attached hydrogens (tertiary/aromatic N) is 3. The second kappa shape index (κ2) is 6.59. The maximum Gasteiger partial charge on any atom is 0.259 e. The van der Waals surface area contributed by atoms with Crippen LogP contribution in [0, 0.1) is 5.92 Å². The Morgan fingerprint density at radius 1 is 1.26 bits per heavy atom. The summed E-state index contributed by atoms with van der Waals surface area (Å²) in [4.78, 5) is 20.5. The van der Waals surface area contributed by atoms with Crippen molar-refractivity contribution in [1.29, 1.82) is 0 Å². The van der Waals surface area contributed by atoms with Gasteiger partial charge in [0.15, 0.2) is 0 Å². The van der Waals surface area contributed by atoms with Crippen LogP contribution in [0.3, 0.4) is 0 Å². The summed E-state index contributed by atoms with van der Waals surface area (Å²) in [5, 5.41) is 5.07. The van der Waals surface area contributed by atoms with Crippen LogP contribution in [0.15, 0.2) is 10.6 Å². The summed E-state index contributed by atoms with van der Waals surface area (Å²) in [6.45, 7) is 6.52. The van der Waals surface area contributed by atoms with Gasteiger partial charge >= 0.3 is 0 Å². The number of aromatic nitrogens is 2. The van der Waals surface area contributed by atoms with Gasteiger partial charge in [0.05, 0.1) is 23.3 Å². The molecule has 2 aromatic rings. The van der Waals surface area contributed by atoms with Crippen molar-refractivity contribution in [1.82, 2.24) is 15.0 Å². The van der Waals surface area contributed by atoms with Crippen LogP contribution in [-0.2, 0) is 4.74 Å². The number of amides is 1. The normalized spacial score (nSPS) is 22.7. The van der Waals surface area contributed by atoms with Gasteiger partial charge in [-0.15, -0.1) is 0 Å². The molecule has 2 aliphatic carbocycles. The highest BCUT2D eigenvalue weighted by Crippen LogP contribution is 2.41. The molecule has 1 saturated heterocycles. The highest BCUT2D eigenvalue weighted by atomic mass is 16.5. The van der Waals surface area contributed by atoms with Crippen molar-refractivity contribution >= 4 is 17.0 Å². The topological polar surface area (TPSA) is 68.5 Å². The van der Waals surface area contributed by atoms with Crippen molar-refractivity contribution in [3.05, 3.63) is 23.0 Å². The summed E-state index contributed by atoms with van der Waals surface area (Å²) in [6.07, 6.45) is 5.53. The lowest BCUT2D eigenvalue weighted by molar-refractivity contribution is 0.0708. The van der Waals surface area contributed by atoms with Crippen LogP contribution in [0.2, 0.25) is 0 Å². The van der Waals surface area contributed by atoms with Crippen molar-refractivity contribution in [3.8, 4) is 0 Å². The minimum Gasteiger partial charge on any atom is -0.381 e. The Labute approximate surface area is 159 Å². The number of pyridine rings is 1. The van der Waals surface area contributed by atoms with Gasteiger partial charge in [-0.3, -0.25) is 4.79 Å². The highest BCUT2D eigenvalue weighted by Gasteiger charge is 2.37. The molecule has 0 radical (unpaired) electrons. The molecule has 144 valence electrons. The zero-order valence-corrected chi connectivity index (χ0v) is 16.1. The van der Waals surface area contributed by atoms with E-state index in [1.54, 1.807) is 0 Å². The Bertz CT molecular complexity index is 861. The molecule has 3 heterocycles. The van der Waals surface area contributed by atoms with Crippen molar-refractivity contribution in [3.63, 3.8) is 0 Å². The fourth-order valence-corrected chi connectivity index (χ4v) is 4.09. The predicted octanol–water partition coefficient (Wildman–Crippen LogP) is 3.86. The van der Waals surface area contributed by atoms with Crippen LogP contribution in [0.5, 0.6) is 0 Å². The van der Waals surface area contributed by atoms with Crippen LogP contribution in [0.25, 0.3) is 11.1 Å². The van der Waals surface area contributed by atoms with Crippen molar-refractivity contribution in [2.24, 2.45) is 5.92 Å². The molecule has 3 fully saturated rings. The molecule has 0 bridgehead atoms. The van der Waals surface area contributed by atoms with Crippen LogP contribution in [0.4, 0.5) is 0 Å². The van der Waals surface area contributed by atoms with Crippen LogP contribution < -0.4 is 0 Å². The number of hydrogen-bond acceptors (Lipinski definition) is 5. The molecule has 6 nitrogen and oxygen atoms in total. The van der Waals surface area contributed by atoms with Crippen LogP contribution >= 0.6 is 0 Å². The standard InChI is InChI=1S/C21H27N3O3/c1-12(2)19-18-16(9-17(14-3-4-14)22-20(18)27-23-19)21(25)24(15-5-6-15)10-13-7-8-26-11-13/h9,12-15H,3-8,10-11H2,1-2H3. The second-order valence-electron chi connectivity index (χ2n) is 8.69. The molecular weight excluding hydrogens is 342 g/mol. The Balaban J connectivity index is 1.56. The first kappa shape index (κ1) is 17.2. The van der Waals surface area contributed by atoms with E-state index in [4.69, 9.17) is 9.26 Å². The zero-order valence-electron chi connectivity index (χ0n) is 16.1. The molecule has 0 N–H and O–H groups in total. The fourth-order valence-electron chi connectivity index (χ4n) is 4.09. The van der Waals surface area contributed by atoms with Gasteiger partial charge in [0.1, 0.15) is 0 Å². The van der Waals surface area contributed by atoms with E-state index >= 15 is 0 Å². The largest absolute Gasteiger partial charge is 0.381 e. The average molecular weight is 369 g/mol. The van der Waals surface area contributed by atoms with Gasteiger partial charge in [0.25, 0.3) is 11.6 Å². The van der Waals surface area contributed by atoms with E-state index in [2.05, 4.69) is 28.9 Å². The fraction of sp³-hybridized carbons (Fsp3) is 0.667. The monoisotopic (exact) mass is 369 g/mol. The predicted molar refractivity (Wildman–Crippen MR) is 101 cm³/mol. The smallest absolute Gasteiger partial charge is 0.259 e. The van der Waals surface area contributed by atoms with E-state index in [0.29, 0.717) is 23.6 Å². The lowest BCUT2D eigenvalue weighted by Gasteiger charge is -2.25. The van der Waals surface area contributed by atoms with Gasteiger partial charge in [-0.25, -0.2) is 4.98 Å². The minimum absolute atomic E-state index is 0.115. The highest BCUT2D eigenvalue weighted by molar-refractivity contribution is 6.06. The third-order valence-corrected chi connectivity index (χ3v) is 5.99. The number of hydrogen-bond donors (Lipinski definition) is 0. The average Bonchev–Trinajstić information content (AvgIpc) is 3.58. The lowest BCUT2D eigenvalue weighted by Crippen LogP contribution is -2.37. The van der Waals surface area contributed by atoms with Crippen LogP contribution in [0.1, 0.15) is 79.5 Å². The number of carbonyl (C=O) groups excluding carboxylic acids is 1. The molecule has 1 amide bonds. The van der Waals surface area contributed by atoms with Crippen molar-refractivity contribution in [2.45, 2.75) is 63.8 Å². The molecule has 1 atom stereocenters. The first-order valence-electron chi connectivity index (χ1n) is 10.3. The Hall–Kier alpha value is -1.95. The third kappa shape index (κ3) is 3.24. The molecule has 0 spiro atoms. The Kier molecular flexibility index (Phi) is 4.19. The summed E-state index contributed by atoms with van der Waals surface area (Å²) in [5.41, 5.74) is 3.07. The first-order chi connectivity index (χ1) is 13.1. The SMILES string of the molecule is CC(C)c1noc2nc(C3CC3)cc(C(=O)N(CC3CCOC3)C3CC3)c12. The lowest BCUT2D eigenvalue weighted by atomic mass is 10.0. The number of carbonyl (C=O) groups is 1. The molecule has 1 aliphatic heterocycles. The molecule has 27 heavy (non-hydrogen) atoms. The van der Waals surface area contributed by atoms with Crippen molar-refractivity contribution < 1.29 is 14.1 Å². The minimum atomic E-state index is 0.115. The molecule has 6 heteroatoms. The van der Waals surface area contributed by atoms with Gasteiger partial charge in [0, 0.05) is 36.7 Å². The van der Waals surface area contributed by atoms with E-state index < -0.39 is 0 Å². The van der Waals surface area contributed by atoms with Crippen LogP contribution in [-0.4, -0.2) is 46.7 Å². The maximum atomic E-state index is 13.7. The number of fused-ring (bicyclic) bond motifs is 1. The molecular formula is C21H27N3O3. The Morgan fingerprint density at radius 3 is 2.70 bits per heavy atom. The van der Waals surface area contributed by atoms with Gasteiger partial charge in [-0.1, -0.05) is 19.0 Å². The Morgan fingerprint density at radius 2 is 2.07 bits per heavy atom. The molecule has 3 aliphatic rings. The molecule has 1 unspecified atom stereocenters. The number of rotatable bonds is 6.